The minimum atomic E-state index is -3.62. The molecule has 0 saturated heterocycles. The molecule has 3 rings (SSSR count). The molecule has 1 aliphatic carbocycles. The molecule has 2 aromatic rings. The summed E-state index contributed by atoms with van der Waals surface area (Å²) in [5.74, 6) is -0.309. The molecule has 1 heterocycles. The van der Waals surface area contributed by atoms with E-state index in [4.69, 9.17) is 0 Å². The fraction of sp³-hybridized carbons (Fsp3) is 0.400. The van der Waals surface area contributed by atoms with Crippen LogP contribution in [0.25, 0.3) is 0 Å². The van der Waals surface area contributed by atoms with Crippen LogP contribution >= 0.6 is 0 Å². The van der Waals surface area contributed by atoms with E-state index in [-0.39, 0.29) is 16.8 Å². The fourth-order valence-corrected chi connectivity index (χ4v) is 4.85. The number of sulfonamides is 1. The third-order valence-corrected chi connectivity index (χ3v) is 6.94. The van der Waals surface area contributed by atoms with Gasteiger partial charge in [-0.15, -0.1) is 0 Å². The summed E-state index contributed by atoms with van der Waals surface area (Å²) in [5.41, 5.74) is 1.21. The number of nitrogens with one attached hydrogen (secondary N) is 1. The van der Waals surface area contributed by atoms with E-state index < -0.39 is 10.0 Å². The smallest absolute Gasteiger partial charge is 0.251 e. The highest BCUT2D eigenvalue weighted by Crippen LogP contribution is 2.26. The van der Waals surface area contributed by atoms with Gasteiger partial charge in [0.05, 0.1) is 4.90 Å². The number of nitrogens with zero attached hydrogens (tertiary/aromatic N) is 2. The first-order valence-electron chi connectivity index (χ1n) is 9.23. The van der Waals surface area contributed by atoms with Crippen LogP contribution in [-0.4, -0.2) is 36.7 Å². The second-order valence-corrected chi connectivity index (χ2v) is 8.88. The molecular weight excluding hydrogens is 362 g/mol. The Morgan fingerprint density at radius 3 is 2.67 bits per heavy atom. The average Bonchev–Trinajstić information content (AvgIpc) is 2.73. The minimum absolute atomic E-state index is 0.0341. The molecule has 0 bridgehead atoms. The average molecular weight is 388 g/mol. The van der Waals surface area contributed by atoms with Crippen molar-refractivity contribution < 1.29 is 13.2 Å². The van der Waals surface area contributed by atoms with Gasteiger partial charge in [0.1, 0.15) is 0 Å². The third kappa shape index (κ3) is 4.73. The molecule has 1 N–H and O–H groups in total. The van der Waals surface area contributed by atoms with Gasteiger partial charge >= 0.3 is 0 Å². The van der Waals surface area contributed by atoms with Crippen molar-refractivity contribution in [2.45, 2.75) is 49.6 Å². The molecule has 1 aromatic heterocycles. The Morgan fingerprint density at radius 1 is 1.19 bits per heavy atom. The molecule has 0 unspecified atom stereocenters. The zero-order valence-electron chi connectivity index (χ0n) is 15.5. The number of hydrogen-bond donors (Lipinski definition) is 1. The highest BCUT2D eigenvalue weighted by Gasteiger charge is 2.29. The van der Waals surface area contributed by atoms with E-state index in [9.17, 15) is 13.2 Å². The fourth-order valence-electron chi connectivity index (χ4n) is 3.39. The highest BCUT2D eigenvalue weighted by atomic mass is 32.2. The lowest BCUT2D eigenvalue weighted by Crippen LogP contribution is -2.38. The molecule has 7 heteroatoms. The van der Waals surface area contributed by atoms with Crippen LogP contribution in [0.2, 0.25) is 0 Å². The molecule has 0 spiro atoms. The standard InChI is InChI=1S/C20H25N3O3S/c1-23(18-9-3-2-4-10-18)27(25,26)19-11-5-8-17(13-19)20(24)22-15-16-7-6-12-21-14-16/h5-8,11-14,18H,2-4,9-10,15H2,1H3,(H,22,24). The van der Waals surface area contributed by atoms with Crippen molar-refractivity contribution in [1.29, 1.82) is 0 Å². The zero-order chi connectivity index (χ0) is 19.3. The Labute approximate surface area is 160 Å². The van der Waals surface area contributed by atoms with Crippen molar-refractivity contribution in [1.82, 2.24) is 14.6 Å². The molecule has 1 aliphatic rings. The number of pyridine rings is 1. The van der Waals surface area contributed by atoms with Crippen LogP contribution in [0.4, 0.5) is 0 Å². The predicted molar refractivity (Wildman–Crippen MR) is 104 cm³/mol. The monoisotopic (exact) mass is 387 g/mol. The van der Waals surface area contributed by atoms with Gasteiger partial charge in [0.15, 0.2) is 0 Å². The molecule has 1 amide bonds. The molecular formula is C20H25N3O3S. The lowest BCUT2D eigenvalue weighted by atomic mass is 9.96. The Bertz CT molecular complexity index is 878. The van der Waals surface area contributed by atoms with Gasteiger partial charge in [0.2, 0.25) is 10.0 Å². The number of rotatable bonds is 6. The second kappa shape index (κ2) is 8.63. The predicted octanol–water partition coefficient (Wildman–Crippen LogP) is 2.96. The quantitative estimate of drug-likeness (QED) is 0.826. The van der Waals surface area contributed by atoms with Crippen molar-refractivity contribution in [3.05, 3.63) is 59.9 Å². The van der Waals surface area contributed by atoms with Gasteiger partial charge in [-0.1, -0.05) is 31.4 Å². The second-order valence-electron chi connectivity index (χ2n) is 6.88. The SMILES string of the molecule is CN(C1CCCCC1)S(=O)(=O)c1cccc(C(=O)NCc2cccnc2)c1. The van der Waals surface area contributed by atoms with Crippen molar-refractivity contribution in [2.24, 2.45) is 0 Å². The summed E-state index contributed by atoms with van der Waals surface area (Å²) < 4.78 is 27.4. The van der Waals surface area contributed by atoms with E-state index in [0.717, 1.165) is 37.7 Å². The Kier molecular flexibility index (Phi) is 6.23. The molecule has 1 saturated carbocycles. The number of amides is 1. The topological polar surface area (TPSA) is 79.4 Å². The Morgan fingerprint density at radius 2 is 1.96 bits per heavy atom. The third-order valence-electron chi connectivity index (χ3n) is 5.04. The largest absolute Gasteiger partial charge is 0.348 e. The minimum Gasteiger partial charge on any atom is -0.348 e. The van der Waals surface area contributed by atoms with Crippen molar-refractivity contribution in [3.8, 4) is 0 Å². The highest BCUT2D eigenvalue weighted by molar-refractivity contribution is 7.89. The summed E-state index contributed by atoms with van der Waals surface area (Å²) >= 11 is 0. The number of benzene rings is 1. The van der Waals surface area contributed by atoms with Crippen LogP contribution in [0, 0.1) is 0 Å². The Hall–Kier alpha value is -2.25. The van der Waals surface area contributed by atoms with Gasteiger partial charge in [-0.05, 0) is 42.7 Å². The number of carbonyl (C=O) groups is 1. The van der Waals surface area contributed by atoms with Gasteiger partial charge < -0.3 is 5.32 Å². The normalized spacial score (nSPS) is 15.6. The first kappa shape index (κ1) is 19.5. The summed E-state index contributed by atoms with van der Waals surface area (Å²) in [6, 6.07) is 9.94. The van der Waals surface area contributed by atoms with Gasteiger partial charge in [-0.25, -0.2) is 8.42 Å². The van der Waals surface area contributed by atoms with Crippen LogP contribution in [0.5, 0.6) is 0 Å². The molecule has 0 aliphatic heterocycles. The van der Waals surface area contributed by atoms with E-state index in [0.29, 0.717) is 12.1 Å². The van der Waals surface area contributed by atoms with E-state index in [2.05, 4.69) is 10.3 Å². The summed E-state index contributed by atoms with van der Waals surface area (Å²) in [5, 5.41) is 2.80. The lowest BCUT2D eigenvalue weighted by molar-refractivity contribution is 0.0950. The van der Waals surface area contributed by atoms with Gasteiger partial charge in [0, 0.05) is 37.6 Å². The van der Waals surface area contributed by atoms with Gasteiger partial charge in [-0.2, -0.15) is 4.31 Å². The molecule has 6 nitrogen and oxygen atoms in total. The summed E-state index contributed by atoms with van der Waals surface area (Å²) in [4.78, 5) is 16.6. The summed E-state index contributed by atoms with van der Waals surface area (Å²) in [6.45, 7) is 0.339. The maximum atomic E-state index is 13.0. The van der Waals surface area contributed by atoms with E-state index in [1.54, 1.807) is 43.7 Å². The Balaban J connectivity index is 1.72. The summed E-state index contributed by atoms with van der Waals surface area (Å²) in [7, 11) is -1.98. The first-order chi connectivity index (χ1) is 13.0. The molecule has 144 valence electrons. The zero-order valence-corrected chi connectivity index (χ0v) is 16.3. The first-order valence-corrected chi connectivity index (χ1v) is 10.7. The van der Waals surface area contributed by atoms with Crippen molar-refractivity contribution in [3.63, 3.8) is 0 Å². The molecule has 1 aromatic carbocycles. The van der Waals surface area contributed by atoms with E-state index in [1.807, 2.05) is 6.07 Å². The molecule has 27 heavy (non-hydrogen) atoms. The molecule has 0 atom stereocenters. The lowest BCUT2D eigenvalue weighted by Gasteiger charge is -2.30. The van der Waals surface area contributed by atoms with Crippen LogP contribution in [-0.2, 0) is 16.6 Å². The van der Waals surface area contributed by atoms with Gasteiger partial charge in [-0.3, -0.25) is 9.78 Å². The van der Waals surface area contributed by atoms with Gasteiger partial charge in [0.25, 0.3) is 5.91 Å². The number of aromatic nitrogens is 1. The van der Waals surface area contributed by atoms with Crippen LogP contribution in [0.1, 0.15) is 48.0 Å². The van der Waals surface area contributed by atoms with Crippen LogP contribution < -0.4 is 5.32 Å². The van der Waals surface area contributed by atoms with E-state index >= 15 is 0 Å². The van der Waals surface area contributed by atoms with Crippen molar-refractivity contribution >= 4 is 15.9 Å². The van der Waals surface area contributed by atoms with Crippen molar-refractivity contribution in [2.75, 3.05) is 7.05 Å². The molecule has 1 fully saturated rings. The number of carbonyl (C=O) groups excluding carboxylic acids is 1. The van der Waals surface area contributed by atoms with E-state index in [1.165, 1.54) is 10.4 Å². The maximum Gasteiger partial charge on any atom is 0.251 e. The molecule has 0 radical (unpaired) electrons. The summed E-state index contributed by atoms with van der Waals surface area (Å²) in [6.07, 6.45) is 8.41. The maximum absolute atomic E-state index is 13.0. The van der Waals surface area contributed by atoms with Crippen LogP contribution in [0.3, 0.4) is 0 Å². The number of hydrogen-bond acceptors (Lipinski definition) is 4. The van der Waals surface area contributed by atoms with Crippen LogP contribution in [0.15, 0.2) is 53.7 Å².